The number of fused-ring (bicyclic) bond motifs is 1. The topological polar surface area (TPSA) is 62.2 Å². The molecule has 20 heavy (non-hydrogen) atoms. The highest BCUT2D eigenvalue weighted by atomic mass is 32.1. The van der Waals surface area contributed by atoms with Crippen LogP contribution in [0.4, 0.5) is 0 Å². The van der Waals surface area contributed by atoms with Gasteiger partial charge >= 0.3 is 0 Å². The Morgan fingerprint density at radius 2 is 2.10 bits per heavy atom. The van der Waals surface area contributed by atoms with Gasteiger partial charge in [0.25, 0.3) is 0 Å². The van der Waals surface area contributed by atoms with Crippen LogP contribution in [0.25, 0.3) is 20.8 Å². The average molecular weight is 284 g/mol. The van der Waals surface area contributed by atoms with Gasteiger partial charge in [0.05, 0.1) is 23.3 Å². The summed E-state index contributed by atoms with van der Waals surface area (Å²) >= 11 is 1.51. The number of hydrogen-bond acceptors (Lipinski definition) is 5. The number of aromatic carboxylic acids is 1. The first-order chi connectivity index (χ1) is 9.67. The summed E-state index contributed by atoms with van der Waals surface area (Å²) < 4.78 is 6.13. The number of rotatable bonds is 3. The van der Waals surface area contributed by atoms with Crippen LogP contribution in [0.1, 0.15) is 10.4 Å². The smallest absolute Gasteiger partial charge is 0.124 e. The molecular formula is C15H10NO3S-. The molecule has 0 aliphatic rings. The molecule has 0 saturated heterocycles. The Balaban J connectivity index is 2.10. The molecular weight excluding hydrogens is 274 g/mol. The van der Waals surface area contributed by atoms with Crippen LogP contribution in [-0.4, -0.2) is 18.1 Å². The van der Waals surface area contributed by atoms with E-state index in [0.29, 0.717) is 5.52 Å². The van der Waals surface area contributed by atoms with Gasteiger partial charge < -0.3 is 14.6 Å². The minimum absolute atomic E-state index is 0.139. The van der Waals surface area contributed by atoms with Gasteiger partial charge in [-0.25, -0.2) is 4.98 Å². The molecule has 0 amide bonds. The first kappa shape index (κ1) is 12.6. The van der Waals surface area contributed by atoms with E-state index < -0.39 is 5.97 Å². The Hall–Kier alpha value is -2.40. The lowest BCUT2D eigenvalue weighted by Crippen LogP contribution is -2.21. The number of aromatic nitrogens is 1. The molecule has 0 bridgehead atoms. The molecule has 1 aromatic heterocycles. The van der Waals surface area contributed by atoms with Gasteiger partial charge in [-0.15, -0.1) is 11.3 Å². The molecule has 2 aromatic carbocycles. The van der Waals surface area contributed by atoms with E-state index in [9.17, 15) is 9.90 Å². The largest absolute Gasteiger partial charge is 0.545 e. The van der Waals surface area contributed by atoms with E-state index in [1.54, 1.807) is 13.2 Å². The lowest BCUT2D eigenvalue weighted by Gasteiger charge is -2.00. The summed E-state index contributed by atoms with van der Waals surface area (Å²) in [6, 6.07) is 12.4. The van der Waals surface area contributed by atoms with Gasteiger partial charge in [-0.3, -0.25) is 0 Å². The summed E-state index contributed by atoms with van der Waals surface area (Å²) in [6.07, 6.45) is 0. The number of carboxylic acids is 1. The predicted octanol–water partition coefficient (Wildman–Crippen LogP) is 2.34. The van der Waals surface area contributed by atoms with Crippen molar-refractivity contribution in [1.82, 2.24) is 4.98 Å². The second-order valence-corrected chi connectivity index (χ2v) is 5.25. The van der Waals surface area contributed by atoms with Crippen molar-refractivity contribution in [3.8, 4) is 16.3 Å². The second kappa shape index (κ2) is 4.94. The normalized spacial score (nSPS) is 10.7. The highest BCUT2D eigenvalue weighted by Crippen LogP contribution is 2.32. The van der Waals surface area contributed by atoms with Crippen LogP contribution < -0.4 is 9.84 Å². The van der Waals surface area contributed by atoms with Crippen LogP contribution in [0.3, 0.4) is 0 Å². The van der Waals surface area contributed by atoms with Crippen LogP contribution in [0.5, 0.6) is 5.75 Å². The number of thiazole rings is 1. The summed E-state index contributed by atoms with van der Waals surface area (Å²) in [5.41, 5.74) is 1.75. The first-order valence-corrected chi connectivity index (χ1v) is 6.75. The lowest BCUT2D eigenvalue weighted by atomic mass is 10.2. The van der Waals surface area contributed by atoms with Crippen LogP contribution in [0, 0.1) is 0 Å². The second-order valence-electron chi connectivity index (χ2n) is 4.22. The molecule has 3 rings (SSSR count). The van der Waals surface area contributed by atoms with E-state index in [4.69, 9.17) is 4.74 Å². The van der Waals surface area contributed by atoms with Crippen LogP contribution in [0.15, 0.2) is 42.5 Å². The molecule has 0 unspecified atom stereocenters. The number of carboxylic acid groups (broad SMARTS) is 1. The molecule has 0 radical (unpaired) electrons. The summed E-state index contributed by atoms with van der Waals surface area (Å²) in [7, 11) is 1.61. The third-order valence-corrected chi connectivity index (χ3v) is 4.03. The molecule has 0 aliphatic carbocycles. The lowest BCUT2D eigenvalue weighted by molar-refractivity contribution is -0.255. The van der Waals surface area contributed by atoms with Crippen molar-refractivity contribution in [2.75, 3.05) is 7.11 Å². The Bertz CT molecular complexity index is 795. The summed E-state index contributed by atoms with van der Waals surface area (Å²) in [5.74, 6) is -0.431. The molecule has 0 aliphatic heterocycles. The van der Waals surface area contributed by atoms with E-state index in [-0.39, 0.29) is 5.56 Å². The Kier molecular flexibility index (Phi) is 3.12. The number of carbonyl (C=O) groups is 1. The molecule has 4 nitrogen and oxygen atoms in total. The van der Waals surface area contributed by atoms with Crippen LogP contribution in [0.2, 0.25) is 0 Å². The molecule has 0 N–H and O–H groups in total. The van der Waals surface area contributed by atoms with E-state index in [1.807, 2.05) is 24.3 Å². The minimum atomic E-state index is -1.19. The Labute approximate surface area is 119 Å². The molecule has 0 spiro atoms. The van der Waals surface area contributed by atoms with E-state index >= 15 is 0 Å². The minimum Gasteiger partial charge on any atom is -0.545 e. The molecule has 1 heterocycles. The van der Waals surface area contributed by atoms with Gasteiger partial charge in [-0.1, -0.05) is 18.2 Å². The number of methoxy groups -OCH3 is 1. The standard InChI is InChI=1S/C15H11NO3S/c1-19-11-4-2-3-9(7-11)14-16-12-8-10(15(17)18)5-6-13(12)20-14/h2-8H,1H3,(H,17,18)/p-1. The third kappa shape index (κ3) is 2.23. The molecule has 3 aromatic rings. The Morgan fingerprint density at radius 3 is 2.85 bits per heavy atom. The third-order valence-electron chi connectivity index (χ3n) is 2.94. The fourth-order valence-corrected chi connectivity index (χ4v) is 2.88. The monoisotopic (exact) mass is 284 g/mol. The van der Waals surface area contributed by atoms with Gasteiger partial charge in [0.1, 0.15) is 10.8 Å². The van der Waals surface area contributed by atoms with Gasteiger partial charge in [0.15, 0.2) is 0 Å². The molecule has 0 fully saturated rings. The zero-order valence-corrected chi connectivity index (χ0v) is 11.4. The van der Waals surface area contributed by atoms with Crippen molar-refractivity contribution < 1.29 is 14.6 Å². The maximum absolute atomic E-state index is 10.9. The average Bonchev–Trinajstić information content (AvgIpc) is 2.90. The van der Waals surface area contributed by atoms with Gasteiger partial charge in [0.2, 0.25) is 0 Å². The quantitative estimate of drug-likeness (QED) is 0.740. The van der Waals surface area contributed by atoms with E-state index in [1.165, 1.54) is 23.5 Å². The number of carbonyl (C=O) groups excluding carboxylic acids is 1. The van der Waals surface area contributed by atoms with Crippen molar-refractivity contribution in [2.24, 2.45) is 0 Å². The first-order valence-electron chi connectivity index (χ1n) is 5.94. The fraction of sp³-hybridized carbons (Fsp3) is 0.0667. The SMILES string of the molecule is COc1cccc(-c2nc3cc(C(=O)[O-])ccc3s2)c1. The van der Waals surface area contributed by atoms with Crippen LogP contribution in [-0.2, 0) is 0 Å². The summed E-state index contributed by atoms with van der Waals surface area (Å²) in [6.45, 7) is 0. The van der Waals surface area contributed by atoms with Gasteiger partial charge in [-0.2, -0.15) is 0 Å². The van der Waals surface area contributed by atoms with Crippen molar-refractivity contribution in [2.45, 2.75) is 0 Å². The molecule has 5 heteroatoms. The number of hydrogen-bond donors (Lipinski definition) is 0. The number of nitrogens with zero attached hydrogens (tertiary/aromatic N) is 1. The number of benzene rings is 2. The maximum Gasteiger partial charge on any atom is 0.124 e. The molecule has 0 saturated carbocycles. The highest BCUT2D eigenvalue weighted by Gasteiger charge is 2.08. The highest BCUT2D eigenvalue weighted by molar-refractivity contribution is 7.21. The van der Waals surface area contributed by atoms with Gasteiger partial charge in [0, 0.05) is 5.56 Å². The zero-order chi connectivity index (χ0) is 14.1. The number of ether oxygens (including phenoxy) is 1. The molecule has 0 atom stereocenters. The summed E-state index contributed by atoms with van der Waals surface area (Å²) in [4.78, 5) is 15.3. The van der Waals surface area contributed by atoms with E-state index in [2.05, 4.69) is 4.98 Å². The van der Waals surface area contributed by atoms with Gasteiger partial charge in [-0.05, 0) is 29.8 Å². The molecule has 100 valence electrons. The predicted molar refractivity (Wildman–Crippen MR) is 75.9 cm³/mol. The van der Waals surface area contributed by atoms with Crippen molar-refractivity contribution >= 4 is 27.5 Å². The summed E-state index contributed by atoms with van der Waals surface area (Å²) in [5, 5.41) is 11.7. The van der Waals surface area contributed by atoms with Crippen molar-refractivity contribution in [3.63, 3.8) is 0 Å². The maximum atomic E-state index is 10.9. The van der Waals surface area contributed by atoms with Crippen LogP contribution >= 0.6 is 11.3 Å². The van der Waals surface area contributed by atoms with E-state index in [0.717, 1.165) is 21.0 Å². The van der Waals surface area contributed by atoms with Crippen molar-refractivity contribution in [3.05, 3.63) is 48.0 Å². The zero-order valence-electron chi connectivity index (χ0n) is 10.6. The Morgan fingerprint density at radius 1 is 1.25 bits per heavy atom. The van der Waals surface area contributed by atoms with Crippen molar-refractivity contribution in [1.29, 1.82) is 0 Å². The fourth-order valence-electron chi connectivity index (χ4n) is 1.93.